The lowest BCUT2D eigenvalue weighted by Crippen LogP contribution is -2.39. The van der Waals surface area contributed by atoms with Gasteiger partial charge in [0.25, 0.3) is 0 Å². The Hall–Kier alpha value is -0.920. The Morgan fingerprint density at radius 3 is 2.76 bits per heavy atom. The highest BCUT2D eigenvalue weighted by Crippen LogP contribution is 2.16. The van der Waals surface area contributed by atoms with Crippen molar-refractivity contribution < 1.29 is 23.1 Å². The van der Waals surface area contributed by atoms with Gasteiger partial charge in [0.2, 0.25) is 10.0 Å². The van der Waals surface area contributed by atoms with E-state index in [1.54, 1.807) is 0 Å². The van der Waals surface area contributed by atoms with Crippen molar-refractivity contribution in [3.8, 4) is 0 Å². The van der Waals surface area contributed by atoms with Crippen LogP contribution >= 0.6 is 0 Å². The minimum absolute atomic E-state index is 0.00134. The lowest BCUT2D eigenvalue weighted by molar-refractivity contribution is -0.137. The van der Waals surface area contributed by atoms with Crippen LogP contribution in [0.5, 0.6) is 0 Å². The van der Waals surface area contributed by atoms with E-state index in [9.17, 15) is 13.2 Å². The van der Waals surface area contributed by atoms with Crippen molar-refractivity contribution in [3.63, 3.8) is 0 Å². The zero-order chi connectivity index (χ0) is 12.9. The number of aliphatic carboxylic acids is 1. The van der Waals surface area contributed by atoms with E-state index in [4.69, 9.17) is 9.84 Å². The van der Waals surface area contributed by atoms with Crippen LogP contribution in [-0.2, 0) is 19.6 Å². The Labute approximate surface area is 101 Å². The Kier molecular flexibility index (Phi) is 5.10. The molecule has 1 aliphatic rings. The summed E-state index contributed by atoms with van der Waals surface area (Å²) in [5.41, 5.74) is 0. The number of rotatable bonds is 7. The molecule has 1 heterocycles. The first-order valence-corrected chi connectivity index (χ1v) is 6.98. The molecule has 0 aromatic heterocycles. The fourth-order valence-corrected chi connectivity index (χ4v) is 3.27. The monoisotopic (exact) mass is 263 g/mol. The highest BCUT2D eigenvalue weighted by atomic mass is 32.2. The fourth-order valence-electron chi connectivity index (χ4n) is 1.69. The van der Waals surface area contributed by atoms with Crippen LogP contribution in [0.4, 0.5) is 0 Å². The molecule has 0 radical (unpaired) electrons. The number of sulfonamides is 1. The van der Waals surface area contributed by atoms with E-state index in [0.29, 0.717) is 13.0 Å². The summed E-state index contributed by atoms with van der Waals surface area (Å²) in [5, 5.41) is 8.66. The first kappa shape index (κ1) is 14.1. The molecule has 0 spiro atoms. The average molecular weight is 263 g/mol. The van der Waals surface area contributed by atoms with Crippen LogP contribution in [0.2, 0.25) is 0 Å². The molecule has 0 saturated carbocycles. The van der Waals surface area contributed by atoms with Gasteiger partial charge in [-0.1, -0.05) is 6.08 Å². The van der Waals surface area contributed by atoms with Crippen molar-refractivity contribution in [2.75, 3.05) is 25.4 Å². The number of hydrogen-bond donors (Lipinski definition) is 1. The molecule has 7 heteroatoms. The third-order valence-electron chi connectivity index (χ3n) is 2.46. The summed E-state index contributed by atoms with van der Waals surface area (Å²) in [6, 6.07) is 0. The van der Waals surface area contributed by atoms with E-state index in [1.807, 2.05) is 0 Å². The van der Waals surface area contributed by atoms with Gasteiger partial charge in [-0.3, -0.25) is 4.79 Å². The van der Waals surface area contributed by atoms with Gasteiger partial charge in [0.05, 0.1) is 11.9 Å². The third kappa shape index (κ3) is 4.45. The van der Waals surface area contributed by atoms with Crippen LogP contribution in [0.1, 0.15) is 12.8 Å². The van der Waals surface area contributed by atoms with Crippen LogP contribution in [0.25, 0.3) is 0 Å². The molecule has 0 amide bonds. The van der Waals surface area contributed by atoms with Crippen molar-refractivity contribution in [3.05, 3.63) is 12.7 Å². The van der Waals surface area contributed by atoms with Crippen molar-refractivity contribution in [1.29, 1.82) is 0 Å². The normalized spacial score (nSPS) is 20.6. The molecule has 98 valence electrons. The molecular weight excluding hydrogens is 246 g/mol. The molecule has 0 aromatic rings. The van der Waals surface area contributed by atoms with Gasteiger partial charge in [-0.05, 0) is 12.8 Å². The Balaban J connectivity index is 2.68. The zero-order valence-corrected chi connectivity index (χ0v) is 10.4. The molecule has 6 nitrogen and oxygen atoms in total. The van der Waals surface area contributed by atoms with Crippen LogP contribution in [0.15, 0.2) is 12.7 Å². The van der Waals surface area contributed by atoms with Crippen molar-refractivity contribution in [2.24, 2.45) is 0 Å². The highest BCUT2D eigenvalue weighted by Gasteiger charge is 2.29. The Bertz CT molecular complexity index is 372. The maximum Gasteiger partial charge on any atom is 0.318 e. The SMILES string of the molecule is C=CCN(CC(=O)O)S(=O)(=O)CC1CCCO1. The van der Waals surface area contributed by atoms with Crippen LogP contribution in [-0.4, -0.2) is 55.4 Å². The lowest BCUT2D eigenvalue weighted by Gasteiger charge is -2.20. The number of carbonyl (C=O) groups is 1. The second-order valence-corrected chi connectivity index (χ2v) is 5.90. The largest absolute Gasteiger partial charge is 0.480 e. The average Bonchev–Trinajstić information content (AvgIpc) is 2.68. The van der Waals surface area contributed by atoms with Gasteiger partial charge in [0.1, 0.15) is 6.54 Å². The molecule has 1 rings (SSSR count). The van der Waals surface area contributed by atoms with Crippen molar-refractivity contribution in [2.45, 2.75) is 18.9 Å². The first-order valence-electron chi connectivity index (χ1n) is 5.38. The molecule has 1 unspecified atom stereocenters. The maximum atomic E-state index is 11.9. The number of ether oxygens (including phenoxy) is 1. The van der Waals surface area contributed by atoms with Gasteiger partial charge in [-0.15, -0.1) is 6.58 Å². The molecule has 17 heavy (non-hydrogen) atoms. The second-order valence-electron chi connectivity index (χ2n) is 3.89. The predicted octanol–water partition coefficient (Wildman–Crippen LogP) is 0.0678. The summed E-state index contributed by atoms with van der Waals surface area (Å²) in [5.74, 6) is -1.34. The highest BCUT2D eigenvalue weighted by molar-refractivity contribution is 7.89. The van der Waals surface area contributed by atoms with Gasteiger partial charge in [0, 0.05) is 13.2 Å². The van der Waals surface area contributed by atoms with E-state index in [1.165, 1.54) is 6.08 Å². The summed E-state index contributed by atoms with van der Waals surface area (Å²) in [7, 11) is -3.61. The summed E-state index contributed by atoms with van der Waals surface area (Å²) in [4.78, 5) is 10.6. The van der Waals surface area contributed by atoms with Gasteiger partial charge in [-0.25, -0.2) is 8.42 Å². The topological polar surface area (TPSA) is 83.9 Å². The molecule has 0 aromatic carbocycles. The number of carboxylic acid groups (broad SMARTS) is 1. The molecule has 0 aliphatic carbocycles. The molecule has 1 aliphatic heterocycles. The van der Waals surface area contributed by atoms with Gasteiger partial charge in [0.15, 0.2) is 0 Å². The predicted molar refractivity (Wildman–Crippen MR) is 62.2 cm³/mol. The Morgan fingerprint density at radius 2 is 2.29 bits per heavy atom. The summed E-state index contributed by atoms with van der Waals surface area (Å²) in [6.07, 6.45) is 2.60. The van der Waals surface area contributed by atoms with E-state index in [-0.39, 0.29) is 18.4 Å². The smallest absolute Gasteiger partial charge is 0.318 e. The Morgan fingerprint density at radius 1 is 1.59 bits per heavy atom. The summed E-state index contributed by atoms with van der Waals surface area (Å²) < 4.78 is 30.0. The van der Waals surface area contributed by atoms with E-state index in [0.717, 1.165) is 10.7 Å². The van der Waals surface area contributed by atoms with Crippen LogP contribution in [0, 0.1) is 0 Å². The minimum Gasteiger partial charge on any atom is -0.480 e. The van der Waals surface area contributed by atoms with Crippen LogP contribution < -0.4 is 0 Å². The number of carboxylic acids is 1. The van der Waals surface area contributed by atoms with Crippen molar-refractivity contribution >= 4 is 16.0 Å². The van der Waals surface area contributed by atoms with E-state index < -0.39 is 22.5 Å². The summed E-state index contributed by atoms with van der Waals surface area (Å²) in [6.45, 7) is 3.45. The molecule has 1 N–H and O–H groups in total. The summed E-state index contributed by atoms with van der Waals surface area (Å²) >= 11 is 0. The third-order valence-corrected chi connectivity index (χ3v) is 4.32. The van der Waals surface area contributed by atoms with Gasteiger partial charge >= 0.3 is 5.97 Å². The molecule has 1 fully saturated rings. The quantitative estimate of drug-likeness (QED) is 0.657. The maximum absolute atomic E-state index is 11.9. The fraction of sp³-hybridized carbons (Fsp3) is 0.700. The standard InChI is InChI=1S/C10H17NO5S/c1-2-5-11(7-10(12)13)17(14,15)8-9-4-3-6-16-9/h2,9H,1,3-8H2,(H,12,13). The molecule has 1 saturated heterocycles. The molecule has 1 atom stereocenters. The van der Waals surface area contributed by atoms with Gasteiger partial charge in [-0.2, -0.15) is 4.31 Å². The van der Waals surface area contributed by atoms with Gasteiger partial charge < -0.3 is 9.84 Å². The number of hydrogen-bond acceptors (Lipinski definition) is 4. The first-order chi connectivity index (χ1) is 7.95. The minimum atomic E-state index is -3.61. The molecular formula is C10H17NO5S. The van der Waals surface area contributed by atoms with E-state index in [2.05, 4.69) is 6.58 Å². The second kappa shape index (κ2) is 6.13. The molecule has 0 bridgehead atoms. The lowest BCUT2D eigenvalue weighted by atomic mass is 10.3. The van der Waals surface area contributed by atoms with Crippen molar-refractivity contribution in [1.82, 2.24) is 4.31 Å². The number of nitrogens with zero attached hydrogens (tertiary/aromatic N) is 1. The van der Waals surface area contributed by atoms with E-state index >= 15 is 0 Å². The zero-order valence-electron chi connectivity index (χ0n) is 9.54. The van der Waals surface area contributed by atoms with Crippen LogP contribution in [0.3, 0.4) is 0 Å².